The first-order valence-corrected chi connectivity index (χ1v) is 7.47. The number of aliphatic hydroxyl groups is 1. The molecule has 2 rings (SSSR count). The first-order chi connectivity index (χ1) is 9.04. The minimum absolute atomic E-state index is 0.0605. The number of rotatable bonds is 4. The molecular weight excluding hydrogens is 234 g/mol. The van der Waals surface area contributed by atoms with Crippen LogP contribution in [0.25, 0.3) is 0 Å². The van der Waals surface area contributed by atoms with Crippen molar-refractivity contribution in [1.82, 2.24) is 5.32 Å². The van der Waals surface area contributed by atoms with Crippen LogP contribution in [0.1, 0.15) is 49.3 Å². The van der Waals surface area contributed by atoms with E-state index in [2.05, 4.69) is 44.3 Å². The van der Waals surface area contributed by atoms with Gasteiger partial charge in [-0.3, -0.25) is 0 Å². The normalized spacial score (nSPS) is 27.5. The lowest BCUT2D eigenvalue weighted by atomic mass is 9.76. The van der Waals surface area contributed by atoms with E-state index >= 15 is 0 Å². The molecule has 2 unspecified atom stereocenters. The number of hydrogen-bond acceptors (Lipinski definition) is 2. The van der Waals surface area contributed by atoms with Crippen molar-refractivity contribution in [2.75, 3.05) is 6.61 Å². The summed E-state index contributed by atoms with van der Waals surface area (Å²) >= 11 is 0. The molecule has 1 aromatic rings. The van der Waals surface area contributed by atoms with E-state index in [1.165, 1.54) is 29.5 Å². The molecule has 1 aliphatic rings. The Kier molecular flexibility index (Phi) is 4.64. The molecule has 2 nitrogen and oxygen atoms in total. The van der Waals surface area contributed by atoms with Crippen LogP contribution in [0.4, 0.5) is 0 Å². The van der Waals surface area contributed by atoms with Gasteiger partial charge in [-0.1, -0.05) is 43.5 Å². The van der Waals surface area contributed by atoms with Gasteiger partial charge in [0.1, 0.15) is 0 Å². The molecule has 2 atom stereocenters. The number of aryl methyl sites for hydroxylation is 2. The largest absolute Gasteiger partial charge is 0.394 e. The van der Waals surface area contributed by atoms with E-state index in [1.54, 1.807) is 0 Å². The van der Waals surface area contributed by atoms with Gasteiger partial charge >= 0.3 is 0 Å². The summed E-state index contributed by atoms with van der Waals surface area (Å²) in [6.45, 7) is 7.70. The second kappa shape index (κ2) is 6.06. The first-order valence-electron chi connectivity index (χ1n) is 7.47. The molecule has 0 saturated heterocycles. The minimum atomic E-state index is -0.0605. The van der Waals surface area contributed by atoms with E-state index in [0.717, 1.165) is 19.4 Å². The molecule has 0 aliphatic heterocycles. The quantitative estimate of drug-likeness (QED) is 0.871. The summed E-state index contributed by atoms with van der Waals surface area (Å²) in [5, 5.41) is 13.4. The van der Waals surface area contributed by atoms with Gasteiger partial charge < -0.3 is 10.4 Å². The highest BCUT2D eigenvalue weighted by Gasteiger charge is 2.33. The first kappa shape index (κ1) is 14.5. The molecule has 1 aliphatic carbocycles. The van der Waals surface area contributed by atoms with Crippen LogP contribution in [0.5, 0.6) is 0 Å². The van der Waals surface area contributed by atoms with Crippen LogP contribution in [0.15, 0.2) is 18.2 Å². The van der Waals surface area contributed by atoms with Gasteiger partial charge in [0, 0.05) is 12.1 Å². The Morgan fingerprint density at radius 2 is 2.16 bits per heavy atom. The number of nitrogens with one attached hydrogen (secondary N) is 1. The Balaban J connectivity index is 2.03. The molecule has 0 aromatic heterocycles. The highest BCUT2D eigenvalue weighted by Crippen LogP contribution is 2.32. The van der Waals surface area contributed by atoms with Crippen LogP contribution in [-0.4, -0.2) is 17.3 Å². The Bertz CT molecular complexity index is 429. The zero-order valence-corrected chi connectivity index (χ0v) is 12.5. The van der Waals surface area contributed by atoms with E-state index in [9.17, 15) is 5.11 Å². The molecule has 1 saturated carbocycles. The third-order valence-corrected chi connectivity index (χ3v) is 4.55. The van der Waals surface area contributed by atoms with Crippen molar-refractivity contribution in [2.45, 2.75) is 58.5 Å². The van der Waals surface area contributed by atoms with Gasteiger partial charge in [0.25, 0.3) is 0 Å². The molecule has 0 bridgehead atoms. The van der Waals surface area contributed by atoms with E-state index < -0.39 is 0 Å². The zero-order chi connectivity index (χ0) is 13.9. The van der Waals surface area contributed by atoms with Crippen LogP contribution in [0.3, 0.4) is 0 Å². The Morgan fingerprint density at radius 3 is 2.79 bits per heavy atom. The average molecular weight is 261 g/mol. The summed E-state index contributed by atoms with van der Waals surface area (Å²) in [6.07, 6.45) is 4.71. The fraction of sp³-hybridized carbons (Fsp3) is 0.647. The Morgan fingerprint density at radius 1 is 1.37 bits per heavy atom. The number of hydrogen-bond donors (Lipinski definition) is 2. The monoisotopic (exact) mass is 261 g/mol. The van der Waals surface area contributed by atoms with Crippen molar-refractivity contribution in [3.05, 3.63) is 34.9 Å². The summed E-state index contributed by atoms with van der Waals surface area (Å²) in [7, 11) is 0. The average Bonchev–Trinajstić information content (AvgIpc) is 2.38. The van der Waals surface area contributed by atoms with Crippen LogP contribution in [0.2, 0.25) is 0 Å². The molecule has 106 valence electrons. The van der Waals surface area contributed by atoms with E-state index in [1.807, 2.05) is 0 Å². The smallest absolute Gasteiger partial charge is 0.0613 e. The Hall–Kier alpha value is -0.860. The van der Waals surface area contributed by atoms with Gasteiger partial charge in [0.2, 0.25) is 0 Å². The molecular formula is C17H27NO. The number of aliphatic hydroxyl groups excluding tert-OH is 1. The molecule has 19 heavy (non-hydrogen) atoms. The summed E-state index contributed by atoms with van der Waals surface area (Å²) in [5.41, 5.74) is 3.93. The van der Waals surface area contributed by atoms with E-state index in [-0.39, 0.29) is 12.1 Å². The van der Waals surface area contributed by atoms with Gasteiger partial charge in [-0.05, 0) is 43.7 Å². The molecule has 0 spiro atoms. The molecule has 0 heterocycles. The predicted octanol–water partition coefficient (Wildman–Crippen LogP) is 3.33. The maximum Gasteiger partial charge on any atom is 0.0613 e. The fourth-order valence-electron chi connectivity index (χ4n) is 3.35. The zero-order valence-electron chi connectivity index (χ0n) is 12.5. The van der Waals surface area contributed by atoms with Crippen molar-refractivity contribution in [2.24, 2.45) is 5.92 Å². The standard InChI is InChI=1S/C17H27NO/c1-13-6-7-16(15(3)9-13)11-18-17(12-19)8-4-5-14(2)10-17/h6-7,9,14,18-19H,4-5,8,10-12H2,1-3H3. The van der Waals surface area contributed by atoms with E-state index in [4.69, 9.17) is 0 Å². The third kappa shape index (κ3) is 3.58. The maximum atomic E-state index is 9.79. The van der Waals surface area contributed by atoms with Crippen molar-refractivity contribution < 1.29 is 5.11 Å². The van der Waals surface area contributed by atoms with E-state index in [0.29, 0.717) is 5.92 Å². The van der Waals surface area contributed by atoms with Crippen molar-refractivity contribution in [3.63, 3.8) is 0 Å². The summed E-state index contributed by atoms with van der Waals surface area (Å²) in [4.78, 5) is 0. The second-order valence-corrected chi connectivity index (χ2v) is 6.42. The van der Waals surface area contributed by atoms with Gasteiger partial charge in [0.15, 0.2) is 0 Å². The lowest BCUT2D eigenvalue weighted by Crippen LogP contribution is -2.51. The summed E-state index contributed by atoms with van der Waals surface area (Å²) in [6, 6.07) is 6.60. The lowest BCUT2D eigenvalue weighted by molar-refractivity contribution is 0.0982. The topological polar surface area (TPSA) is 32.3 Å². The molecule has 2 heteroatoms. The van der Waals surface area contributed by atoms with Crippen molar-refractivity contribution in [1.29, 1.82) is 0 Å². The molecule has 1 aromatic carbocycles. The molecule has 0 amide bonds. The molecule has 2 N–H and O–H groups in total. The van der Waals surface area contributed by atoms with Crippen molar-refractivity contribution >= 4 is 0 Å². The van der Waals surface area contributed by atoms with Crippen LogP contribution >= 0.6 is 0 Å². The van der Waals surface area contributed by atoms with Gasteiger partial charge in [0.05, 0.1) is 6.61 Å². The highest BCUT2D eigenvalue weighted by molar-refractivity contribution is 5.30. The summed E-state index contributed by atoms with van der Waals surface area (Å²) < 4.78 is 0. The SMILES string of the molecule is Cc1ccc(CNC2(CO)CCCC(C)C2)c(C)c1. The van der Waals surface area contributed by atoms with Gasteiger partial charge in [-0.2, -0.15) is 0 Å². The molecule has 1 fully saturated rings. The minimum Gasteiger partial charge on any atom is -0.394 e. The van der Waals surface area contributed by atoms with Crippen molar-refractivity contribution in [3.8, 4) is 0 Å². The van der Waals surface area contributed by atoms with Crippen LogP contribution in [0, 0.1) is 19.8 Å². The maximum absolute atomic E-state index is 9.79. The second-order valence-electron chi connectivity index (χ2n) is 6.42. The number of benzene rings is 1. The predicted molar refractivity (Wildman–Crippen MR) is 80.2 cm³/mol. The molecule has 0 radical (unpaired) electrons. The van der Waals surface area contributed by atoms with Gasteiger partial charge in [-0.15, -0.1) is 0 Å². The highest BCUT2D eigenvalue weighted by atomic mass is 16.3. The summed E-state index contributed by atoms with van der Waals surface area (Å²) in [5.74, 6) is 0.715. The lowest BCUT2D eigenvalue weighted by Gasteiger charge is -2.39. The van der Waals surface area contributed by atoms with Crippen LogP contribution < -0.4 is 5.32 Å². The van der Waals surface area contributed by atoms with Crippen LogP contribution in [-0.2, 0) is 6.54 Å². The Labute approximate surface area is 117 Å². The fourth-order valence-corrected chi connectivity index (χ4v) is 3.35. The third-order valence-electron chi connectivity index (χ3n) is 4.55. The van der Waals surface area contributed by atoms with Gasteiger partial charge in [-0.25, -0.2) is 0 Å².